The Kier molecular flexibility index (Phi) is 3.82. The van der Waals surface area contributed by atoms with Crippen LogP contribution >= 0.6 is 11.3 Å². The maximum atomic E-state index is 11.9. The van der Waals surface area contributed by atoms with Gasteiger partial charge < -0.3 is 9.26 Å². The molecular formula is C12H15N3O4S2. The van der Waals surface area contributed by atoms with Crippen LogP contribution in [-0.4, -0.2) is 48.9 Å². The summed E-state index contributed by atoms with van der Waals surface area (Å²) in [7, 11) is -1.79. The molecule has 7 nitrogen and oxygen atoms in total. The van der Waals surface area contributed by atoms with Crippen molar-refractivity contribution in [1.29, 1.82) is 0 Å². The molecule has 1 fully saturated rings. The molecule has 0 saturated carbocycles. The molecule has 9 heteroatoms. The number of methoxy groups -OCH3 is 1. The average molecular weight is 329 g/mol. The molecule has 0 aliphatic carbocycles. The molecule has 0 radical (unpaired) electrons. The zero-order chi connectivity index (χ0) is 15.0. The molecule has 21 heavy (non-hydrogen) atoms. The molecule has 0 aromatic carbocycles. The first-order chi connectivity index (χ1) is 9.99. The Labute approximate surface area is 126 Å². The molecule has 2 atom stereocenters. The molecule has 0 N–H and O–H groups in total. The second-order valence-electron chi connectivity index (χ2n) is 4.88. The molecule has 1 aliphatic rings. The fourth-order valence-electron chi connectivity index (χ4n) is 2.41. The lowest BCUT2D eigenvalue weighted by Crippen LogP contribution is -2.31. The molecule has 3 rings (SSSR count). The van der Waals surface area contributed by atoms with Gasteiger partial charge in [-0.2, -0.15) is 9.29 Å². The van der Waals surface area contributed by atoms with E-state index in [0.29, 0.717) is 24.7 Å². The zero-order valence-corrected chi connectivity index (χ0v) is 13.2. The van der Waals surface area contributed by atoms with Gasteiger partial charge in [-0.1, -0.05) is 11.2 Å². The van der Waals surface area contributed by atoms with E-state index in [-0.39, 0.29) is 6.10 Å². The first kappa shape index (κ1) is 14.6. The second-order valence-corrected chi connectivity index (χ2v) is 7.76. The highest BCUT2D eigenvalue weighted by Crippen LogP contribution is 2.35. The predicted molar refractivity (Wildman–Crippen MR) is 77.3 cm³/mol. The summed E-state index contributed by atoms with van der Waals surface area (Å²) < 4.78 is 35.7. The molecule has 2 aromatic heterocycles. The highest BCUT2D eigenvalue weighted by atomic mass is 32.2. The Hall–Kier alpha value is -1.29. The summed E-state index contributed by atoms with van der Waals surface area (Å²) in [6, 6.07) is 3.32. The highest BCUT2D eigenvalue weighted by Gasteiger charge is 2.41. The van der Waals surface area contributed by atoms with Gasteiger partial charge in [0.15, 0.2) is 0 Å². The third kappa shape index (κ3) is 2.86. The van der Waals surface area contributed by atoms with Crippen molar-refractivity contribution in [2.24, 2.45) is 0 Å². The Morgan fingerprint density at radius 2 is 2.33 bits per heavy atom. The smallest absolute Gasteiger partial charge is 0.245 e. The minimum Gasteiger partial charge on any atom is -0.380 e. The Balaban J connectivity index is 1.91. The molecule has 1 aliphatic heterocycles. The molecule has 3 heterocycles. The summed E-state index contributed by atoms with van der Waals surface area (Å²) in [4.78, 5) is 5.22. The van der Waals surface area contributed by atoms with Gasteiger partial charge >= 0.3 is 0 Å². The van der Waals surface area contributed by atoms with E-state index in [4.69, 9.17) is 9.26 Å². The largest absolute Gasteiger partial charge is 0.380 e. The Bertz CT molecular complexity index is 711. The van der Waals surface area contributed by atoms with Crippen molar-refractivity contribution in [3.05, 3.63) is 23.4 Å². The van der Waals surface area contributed by atoms with Gasteiger partial charge in [0.05, 0.1) is 17.2 Å². The van der Waals surface area contributed by atoms with Gasteiger partial charge in [-0.25, -0.2) is 8.42 Å². The summed E-state index contributed by atoms with van der Waals surface area (Å²) in [6.07, 6.45) is 1.52. The number of thiophene rings is 1. The monoisotopic (exact) mass is 329 g/mol. The topological polar surface area (TPSA) is 85.5 Å². The van der Waals surface area contributed by atoms with Gasteiger partial charge in [-0.3, -0.25) is 0 Å². The molecule has 2 aromatic rings. The number of sulfonamides is 1. The van der Waals surface area contributed by atoms with Crippen LogP contribution in [0.15, 0.2) is 22.0 Å². The van der Waals surface area contributed by atoms with Crippen LogP contribution in [0.2, 0.25) is 0 Å². The van der Waals surface area contributed by atoms with E-state index in [1.165, 1.54) is 21.9 Å². The molecule has 0 bridgehead atoms. The zero-order valence-electron chi connectivity index (χ0n) is 11.6. The maximum Gasteiger partial charge on any atom is 0.245 e. The van der Waals surface area contributed by atoms with Crippen molar-refractivity contribution in [2.75, 3.05) is 19.9 Å². The minimum absolute atomic E-state index is 0.165. The van der Waals surface area contributed by atoms with E-state index in [1.807, 2.05) is 17.5 Å². The molecule has 1 saturated heterocycles. The highest BCUT2D eigenvalue weighted by molar-refractivity contribution is 7.88. The molecular weight excluding hydrogens is 314 g/mol. The SMILES string of the molecule is CO[C@H]1C[C@H](c2nc(-c3cccs3)no2)N(S(C)(=O)=O)C1. The minimum atomic E-state index is -3.36. The second kappa shape index (κ2) is 5.48. The van der Waals surface area contributed by atoms with Crippen LogP contribution in [0.25, 0.3) is 10.7 Å². The van der Waals surface area contributed by atoms with E-state index >= 15 is 0 Å². The first-order valence-corrected chi connectivity index (χ1v) is 9.09. The van der Waals surface area contributed by atoms with Crippen molar-refractivity contribution in [1.82, 2.24) is 14.4 Å². The average Bonchev–Trinajstić information content (AvgIpc) is 3.16. The number of rotatable bonds is 4. The van der Waals surface area contributed by atoms with Gasteiger partial charge in [-0.15, -0.1) is 11.3 Å². The third-order valence-corrected chi connectivity index (χ3v) is 5.57. The van der Waals surface area contributed by atoms with Crippen molar-refractivity contribution < 1.29 is 17.7 Å². The number of hydrogen-bond acceptors (Lipinski definition) is 7. The number of ether oxygens (including phenoxy) is 1. The van der Waals surface area contributed by atoms with Gasteiger partial charge in [0.25, 0.3) is 0 Å². The number of aromatic nitrogens is 2. The lowest BCUT2D eigenvalue weighted by Gasteiger charge is -2.18. The first-order valence-electron chi connectivity index (χ1n) is 6.36. The maximum absolute atomic E-state index is 11.9. The van der Waals surface area contributed by atoms with Crippen LogP contribution in [0.5, 0.6) is 0 Å². The fraction of sp³-hybridized carbons (Fsp3) is 0.500. The summed E-state index contributed by atoms with van der Waals surface area (Å²) in [6.45, 7) is 0.302. The van der Waals surface area contributed by atoms with Gasteiger partial charge in [0.2, 0.25) is 21.7 Å². The van der Waals surface area contributed by atoms with Crippen LogP contribution in [0.4, 0.5) is 0 Å². The van der Waals surface area contributed by atoms with Gasteiger partial charge in [0, 0.05) is 20.1 Å². The fourth-order valence-corrected chi connectivity index (χ4v) is 4.13. The van der Waals surface area contributed by atoms with E-state index in [9.17, 15) is 8.42 Å². The Morgan fingerprint density at radius 3 is 2.95 bits per heavy atom. The van der Waals surface area contributed by atoms with Crippen LogP contribution in [-0.2, 0) is 14.8 Å². The molecule has 0 unspecified atom stereocenters. The standard InChI is InChI=1S/C12H15N3O4S2/c1-18-8-6-9(15(7-8)21(2,16)17)12-13-11(14-19-12)10-4-3-5-20-10/h3-5,8-9H,6-7H2,1-2H3/t8-,9+/m0/s1. The molecule has 0 spiro atoms. The quantitative estimate of drug-likeness (QED) is 0.845. The summed E-state index contributed by atoms with van der Waals surface area (Å²) in [5.74, 6) is 0.790. The Morgan fingerprint density at radius 1 is 1.52 bits per heavy atom. The number of hydrogen-bond donors (Lipinski definition) is 0. The van der Waals surface area contributed by atoms with Crippen LogP contribution < -0.4 is 0 Å². The van der Waals surface area contributed by atoms with E-state index in [0.717, 1.165) is 4.88 Å². The third-order valence-electron chi connectivity index (χ3n) is 3.45. The van der Waals surface area contributed by atoms with Crippen LogP contribution in [0.3, 0.4) is 0 Å². The van der Waals surface area contributed by atoms with Crippen molar-refractivity contribution in [2.45, 2.75) is 18.6 Å². The predicted octanol–water partition coefficient (Wildman–Crippen LogP) is 1.52. The molecule has 114 valence electrons. The van der Waals surface area contributed by atoms with Crippen molar-refractivity contribution in [3.63, 3.8) is 0 Å². The van der Waals surface area contributed by atoms with E-state index in [2.05, 4.69) is 10.1 Å². The van der Waals surface area contributed by atoms with Crippen molar-refractivity contribution in [3.8, 4) is 10.7 Å². The summed E-state index contributed by atoms with van der Waals surface area (Å²) >= 11 is 1.50. The lowest BCUT2D eigenvalue weighted by atomic mass is 10.2. The van der Waals surface area contributed by atoms with Crippen LogP contribution in [0, 0.1) is 0 Å². The van der Waals surface area contributed by atoms with E-state index in [1.54, 1.807) is 7.11 Å². The number of nitrogens with zero attached hydrogens (tertiary/aromatic N) is 3. The van der Waals surface area contributed by atoms with Crippen molar-refractivity contribution >= 4 is 21.4 Å². The summed E-state index contributed by atoms with van der Waals surface area (Å²) in [5, 5.41) is 5.85. The summed E-state index contributed by atoms with van der Waals surface area (Å²) in [5.41, 5.74) is 0. The normalized spacial score (nSPS) is 23.7. The van der Waals surface area contributed by atoms with E-state index < -0.39 is 16.1 Å². The van der Waals surface area contributed by atoms with Gasteiger partial charge in [0.1, 0.15) is 6.04 Å². The molecule has 0 amide bonds. The van der Waals surface area contributed by atoms with Gasteiger partial charge in [-0.05, 0) is 11.4 Å². The lowest BCUT2D eigenvalue weighted by molar-refractivity contribution is 0.114. The van der Waals surface area contributed by atoms with Crippen LogP contribution in [0.1, 0.15) is 18.4 Å².